The highest BCUT2D eigenvalue weighted by molar-refractivity contribution is 7.55. The number of nitrogen functional groups attached to an aromatic ring is 3. The first kappa shape index (κ1) is 82.8. The molecule has 0 bridgehead atoms. The van der Waals surface area contributed by atoms with E-state index in [2.05, 4.69) is 52.6 Å². The fraction of sp³-hybridized carbons (Fsp3) is 0.429. The van der Waals surface area contributed by atoms with Crippen molar-refractivity contribution >= 4 is 91.8 Å². The molecular formula is C77H94FN16O23P3. The number of hydrogen-bond donors (Lipinski definition) is 11. The summed E-state index contributed by atoms with van der Waals surface area (Å²) >= 11 is 0. The SMILES string of the molecule is [2H]C([2H])(O[P@@](=O)(C[C@@H](C)C(=O)OC(C)C)Oc1ccccc1)[C@H]1O[C@@H](n2cc(F)c3c(=O)[nH]c(N)nc32)C(N)(C#C)[C@H]1O.[2H]C([2H])(O[P@@](=O)(C[C@@H](C)C(=O)OC(C)C)Oc1ccccc1)[C@H]1O[C@@H](n2ccc3c(=O)[nH]c(N)nc32)C(N)(C#C)[C@H]1O.[2H]C([2H])(O[P@@](=O)(C[C@@H](C)C(=O)OC(C)C)Oc1ccccc1)[C@H]1O[C@@H](n2cnc3cnc(N)nc32)C(N)(C#C)[C@H]1O. The molecule has 0 amide bonds. The van der Waals surface area contributed by atoms with E-state index in [1.807, 2.05) is 0 Å². The number of carbonyl (C=O) groups excluding carboxylic acids is 3. The Morgan fingerprint density at radius 1 is 0.542 bits per heavy atom. The zero-order valence-corrected chi connectivity index (χ0v) is 68.5. The van der Waals surface area contributed by atoms with Crippen LogP contribution in [0.5, 0.6) is 17.2 Å². The van der Waals surface area contributed by atoms with Crippen LogP contribution in [-0.2, 0) is 70.1 Å². The van der Waals surface area contributed by atoms with Crippen LogP contribution in [0.4, 0.5) is 22.2 Å². The molecule has 120 heavy (non-hydrogen) atoms. The molecule has 18 atom stereocenters. The normalized spacial score (nSPS) is 26.0. The maximum atomic E-state index is 14.8. The quantitative estimate of drug-likeness (QED) is 0.0114. The number of fused-ring (bicyclic) bond motifs is 3. The molecule has 9 aromatic rings. The van der Waals surface area contributed by atoms with Crippen LogP contribution >= 0.6 is 22.8 Å². The van der Waals surface area contributed by atoms with Gasteiger partial charge in [-0.1, -0.05) is 93.1 Å². The summed E-state index contributed by atoms with van der Waals surface area (Å²) in [7, 11) is -13.6. The number of aliphatic hydroxyl groups excluding tert-OH is 3. The third-order valence-corrected chi connectivity index (χ3v) is 23.7. The summed E-state index contributed by atoms with van der Waals surface area (Å²) in [5, 5.41) is 33.2. The van der Waals surface area contributed by atoms with E-state index >= 15 is 0 Å². The highest BCUT2D eigenvalue weighted by Gasteiger charge is 2.58. The van der Waals surface area contributed by atoms with Crippen molar-refractivity contribution in [3.63, 3.8) is 0 Å². The molecule has 6 aromatic heterocycles. The number of aliphatic hydroxyl groups is 3. The van der Waals surface area contributed by atoms with Gasteiger partial charge in [0.15, 0.2) is 58.1 Å². The number of anilines is 3. The Kier molecular flexibility index (Phi) is 26.1. The van der Waals surface area contributed by atoms with Crippen LogP contribution in [0, 0.1) is 60.6 Å². The number of ether oxygens (including phenoxy) is 6. The summed E-state index contributed by atoms with van der Waals surface area (Å²) in [6.07, 6.45) is 2.42. The molecule has 3 saturated heterocycles. The number of para-hydroxylation sites is 3. The van der Waals surface area contributed by atoms with E-state index in [0.29, 0.717) is 5.52 Å². The Hall–Kier alpha value is -10.9. The zero-order valence-electron chi connectivity index (χ0n) is 71.8. The van der Waals surface area contributed by atoms with Crippen molar-refractivity contribution in [3.8, 4) is 54.3 Å². The standard InChI is InChI=1S/C26H31FN5O8P.C26H32N5O8P.C25H31N6O7P/c1-5-26(29)20(33)18(39-24(26)32-11-17(27)19-21(32)30-25(28)31-22(19)34)12-37-41(36,40-16-9-7-6-8-10-16)13-15(4)23(35)38-14(2)3;1-5-26(28)20(32)19(38-24(26)31-12-11-18-21(31)29-25(27)30-22(18)33)13-36-40(35,39-17-9-7-6-8-10-17)14-16(4)23(34)37-15(2)3;1-5-25(27)20(32)19(37-23(25)31-14-29-18-11-28-24(26)30-21(18)31)12-35-39(34,38-17-9-7-6-8-10-17)13-16(4)22(33)36-15(2)3/h1,6-11,14-15,18,20,24,33H,12-13,29H2,2-4H3,(H3,28,30,31,34);1,6-12,15-16,19-20,24,32H,13-14,28H2,2-4H3,(H3,27,29,30,33);1,6-11,14-16,19-20,23,32H,12-13,27H2,2-4H3,(H2,26,28,30)/t15-,18-,20+,24-,26?,41+;16-,19-,20+,24-,26?,40+;16-,19-,20+,23-,25?,39+/m111/s1/i12D2;13D2;12D2. The smallest absolute Gasteiger partial charge is 0.380 e. The van der Waals surface area contributed by atoms with Gasteiger partial charge in [-0.2, -0.15) is 15.0 Å². The first-order chi connectivity index (χ1) is 58.8. The first-order valence-electron chi connectivity index (χ1n) is 39.7. The minimum atomic E-state index is -4.59. The number of aromatic nitrogens is 10. The average Bonchev–Trinajstić information content (AvgIpc) is 1.58. The molecule has 3 fully saturated rings. The van der Waals surface area contributed by atoms with Gasteiger partial charge in [0.1, 0.15) is 64.8 Å². The number of carbonyl (C=O) groups is 3. The number of rotatable bonds is 30. The van der Waals surface area contributed by atoms with E-state index in [-0.39, 0.29) is 57.4 Å². The van der Waals surface area contributed by atoms with Gasteiger partial charge in [0.25, 0.3) is 11.1 Å². The lowest BCUT2D eigenvalue weighted by molar-refractivity contribution is -0.152. The van der Waals surface area contributed by atoms with Crippen LogP contribution in [0.1, 0.15) is 89.2 Å². The molecule has 43 heteroatoms. The van der Waals surface area contributed by atoms with Crippen LogP contribution in [0.15, 0.2) is 132 Å². The van der Waals surface area contributed by atoms with Gasteiger partial charge in [0.05, 0.1) is 100 Å². The number of hydrogen-bond acceptors (Lipinski definition) is 34. The van der Waals surface area contributed by atoms with Gasteiger partial charge in [-0.25, -0.2) is 28.1 Å². The molecule has 12 rings (SSSR count). The van der Waals surface area contributed by atoms with Crippen LogP contribution in [-0.4, -0.2) is 192 Å². The Labute approximate surface area is 694 Å². The van der Waals surface area contributed by atoms with Crippen LogP contribution < -0.4 is 59.1 Å². The second-order valence-electron chi connectivity index (χ2n) is 28.7. The molecular weight excluding hydrogens is 1630 g/mol. The summed E-state index contributed by atoms with van der Waals surface area (Å²) < 4.78 is 179. The van der Waals surface area contributed by atoms with Crippen molar-refractivity contribution < 1.29 is 112 Å². The molecule has 0 radical (unpaired) electrons. The van der Waals surface area contributed by atoms with Gasteiger partial charge >= 0.3 is 40.7 Å². The molecule has 0 aliphatic carbocycles. The number of imidazole rings is 1. The summed E-state index contributed by atoms with van der Waals surface area (Å²) in [4.78, 5) is 86.9. The summed E-state index contributed by atoms with van der Waals surface area (Å²) in [6.45, 7) is 4.93. The number of terminal acetylenes is 3. The lowest BCUT2D eigenvalue weighted by atomic mass is 9.92. The van der Waals surface area contributed by atoms with Crippen molar-refractivity contribution in [2.75, 3.05) is 55.4 Å². The lowest BCUT2D eigenvalue weighted by Gasteiger charge is -2.28. The van der Waals surface area contributed by atoms with E-state index in [9.17, 15) is 57.4 Å². The fourth-order valence-corrected chi connectivity index (χ4v) is 17.4. The highest BCUT2D eigenvalue weighted by Crippen LogP contribution is 2.55. The van der Waals surface area contributed by atoms with E-state index in [4.69, 9.17) is 117 Å². The van der Waals surface area contributed by atoms with Crippen molar-refractivity contribution in [2.24, 2.45) is 35.0 Å². The third kappa shape index (κ3) is 20.7. The topological polar surface area (TPSA) is 575 Å². The second-order valence-corrected chi connectivity index (χ2v) is 34.6. The minimum absolute atomic E-state index is 0.0104. The van der Waals surface area contributed by atoms with Crippen molar-refractivity contribution in [3.05, 3.63) is 149 Å². The number of benzene rings is 3. The molecule has 39 nitrogen and oxygen atoms in total. The molecule has 0 spiro atoms. The van der Waals surface area contributed by atoms with Crippen LogP contribution in [0.25, 0.3) is 33.2 Å². The van der Waals surface area contributed by atoms with Gasteiger partial charge in [-0.15, -0.1) is 19.3 Å². The number of aromatic amines is 2. The molecule has 0 saturated carbocycles. The zero-order chi connectivity index (χ0) is 93.1. The Balaban J connectivity index is 0.000000197. The fourth-order valence-electron chi connectivity index (χ4n) is 12.2. The van der Waals surface area contributed by atoms with Gasteiger partial charge in [0, 0.05) is 12.4 Å². The number of esters is 3. The average molecular weight is 1730 g/mol. The number of nitrogens with zero attached hydrogens (tertiary/aromatic N) is 8. The number of H-pyrrole nitrogens is 2. The predicted octanol–water partition coefficient (Wildman–Crippen LogP) is 5.56. The maximum Gasteiger partial charge on any atom is 0.380 e. The Morgan fingerprint density at radius 3 is 1.27 bits per heavy atom. The van der Waals surface area contributed by atoms with Crippen molar-refractivity contribution in [1.29, 1.82) is 0 Å². The van der Waals surface area contributed by atoms with Gasteiger partial charge in [-0.3, -0.25) is 56.6 Å². The van der Waals surface area contributed by atoms with Gasteiger partial charge in [-0.05, 0) is 84.0 Å². The lowest BCUT2D eigenvalue weighted by Crippen LogP contribution is -2.53. The van der Waals surface area contributed by atoms with Crippen molar-refractivity contribution in [2.45, 2.75) is 153 Å². The van der Waals surface area contributed by atoms with E-state index in [1.165, 1.54) is 91.1 Å². The monoisotopic (exact) mass is 1730 g/mol. The Bertz CT molecular complexity index is 5890. The summed E-state index contributed by atoms with van der Waals surface area (Å²) in [6, 6.07) is 24.8. The highest BCUT2D eigenvalue weighted by atomic mass is 31.2. The van der Waals surface area contributed by atoms with Gasteiger partial charge < -0.3 is 96.3 Å². The van der Waals surface area contributed by atoms with Crippen LogP contribution in [0.3, 0.4) is 0 Å². The molecule has 3 aliphatic heterocycles. The van der Waals surface area contributed by atoms with Crippen LogP contribution in [0.2, 0.25) is 0 Å². The van der Waals surface area contributed by atoms with Crippen molar-refractivity contribution in [1.82, 2.24) is 48.6 Å². The van der Waals surface area contributed by atoms with Gasteiger partial charge in [0.2, 0.25) is 17.8 Å². The van der Waals surface area contributed by atoms with E-state index in [1.54, 1.807) is 96.1 Å². The molecule has 9 heterocycles. The second kappa shape index (κ2) is 37.8. The number of halogens is 1. The largest absolute Gasteiger partial charge is 0.463 e. The number of nitrogens with two attached hydrogens (primary N) is 6. The van der Waals surface area contributed by atoms with E-state index < -0.39 is 209 Å². The molecule has 3 aliphatic rings. The summed E-state index contributed by atoms with van der Waals surface area (Å²) in [5.41, 5.74) is 28.4. The predicted molar refractivity (Wildman–Crippen MR) is 434 cm³/mol. The minimum Gasteiger partial charge on any atom is -0.463 e. The Morgan fingerprint density at radius 2 is 0.900 bits per heavy atom. The van der Waals surface area contributed by atoms with E-state index in [0.717, 1.165) is 10.8 Å². The third-order valence-electron chi connectivity index (χ3n) is 18.1. The molecule has 17 N–H and O–H groups in total. The summed E-state index contributed by atoms with van der Waals surface area (Å²) in [5.74, 6) is -0.0600. The molecule has 3 unspecified atom stereocenters. The molecule has 642 valence electrons. The molecule has 3 aromatic carbocycles. The first-order valence-corrected chi connectivity index (χ1v) is 41.9. The maximum absolute atomic E-state index is 14.8. The number of nitrogens with one attached hydrogen (secondary N) is 2.